The van der Waals surface area contributed by atoms with Gasteiger partial charge in [-0.05, 0) is 25.7 Å². The zero-order chi connectivity index (χ0) is 24.4. The molecule has 1 aliphatic heterocycles. The van der Waals surface area contributed by atoms with Crippen LogP contribution in [0.3, 0.4) is 0 Å². The number of rotatable bonds is 13. The number of hydrogen-bond donors (Lipinski definition) is 7. The second kappa shape index (κ2) is 12.6. The number of carbonyl (C=O) groups is 6. The molecule has 0 saturated carbocycles. The van der Waals surface area contributed by atoms with Crippen molar-refractivity contribution < 1.29 is 44.1 Å². The third kappa shape index (κ3) is 8.11. The fraction of sp³-hybridized carbons (Fsp3) is 0.667. The largest absolute Gasteiger partial charge is 0.481 e. The van der Waals surface area contributed by atoms with Crippen LogP contribution in [0, 0.1) is 0 Å². The summed E-state index contributed by atoms with van der Waals surface area (Å²) < 4.78 is 0. The fourth-order valence-electron chi connectivity index (χ4n) is 3.20. The molecule has 4 amide bonds. The lowest BCUT2D eigenvalue weighted by molar-refractivity contribution is -0.149. The Bertz CT molecular complexity index is 744. The molecule has 0 aliphatic carbocycles. The number of amides is 4. The summed E-state index contributed by atoms with van der Waals surface area (Å²) in [4.78, 5) is 72.3. The van der Waals surface area contributed by atoms with Crippen LogP contribution in [0.15, 0.2) is 0 Å². The Morgan fingerprint density at radius 3 is 2.09 bits per heavy atom. The number of primary amides is 1. The number of likely N-dealkylation sites (tertiary alicyclic amines) is 1. The zero-order valence-electron chi connectivity index (χ0n) is 17.4. The van der Waals surface area contributed by atoms with Crippen molar-refractivity contribution in [1.29, 1.82) is 0 Å². The number of carboxylic acids is 2. The molecule has 32 heavy (non-hydrogen) atoms. The molecule has 14 heteroatoms. The van der Waals surface area contributed by atoms with Crippen LogP contribution in [0.2, 0.25) is 0 Å². The molecule has 1 rings (SSSR count). The highest BCUT2D eigenvalue weighted by molar-refractivity contribution is 5.94. The van der Waals surface area contributed by atoms with E-state index in [2.05, 4.69) is 10.6 Å². The Labute approximate surface area is 183 Å². The second-order valence-electron chi connectivity index (χ2n) is 7.38. The topological polar surface area (TPSA) is 242 Å². The Morgan fingerprint density at radius 1 is 0.969 bits per heavy atom. The van der Waals surface area contributed by atoms with E-state index >= 15 is 0 Å². The van der Waals surface area contributed by atoms with Crippen LogP contribution < -0.4 is 22.1 Å². The lowest BCUT2D eigenvalue weighted by Gasteiger charge is -2.28. The number of aliphatic carboxylic acids is 2. The molecule has 4 atom stereocenters. The van der Waals surface area contributed by atoms with Gasteiger partial charge in [0.25, 0.3) is 0 Å². The number of nitrogens with two attached hydrogens (primary N) is 2. The standard InChI is InChI=1S/C18H29N5O9/c19-9(8-24)15(28)21-10(4-6-14(26)27)16(29)22-11(3-5-13(20)25)17(30)23-7-1-2-12(23)18(31)32/h9-12,24H,1-8,19H2,(H2,20,25)(H,21,28)(H,22,29)(H,26,27)(H,31,32)/t9-,10-,11-,12-/m0/s1. The van der Waals surface area contributed by atoms with Gasteiger partial charge in [0.05, 0.1) is 6.61 Å². The normalized spacial score (nSPS) is 18.3. The minimum absolute atomic E-state index is 0.142. The summed E-state index contributed by atoms with van der Waals surface area (Å²) in [5.41, 5.74) is 10.5. The van der Waals surface area contributed by atoms with Crippen molar-refractivity contribution in [1.82, 2.24) is 15.5 Å². The quantitative estimate of drug-likeness (QED) is 0.143. The van der Waals surface area contributed by atoms with Crippen LogP contribution in [0.1, 0.15) is 38.5 Å². The van der Waals surface area contributed by atoms with E-state index in [1.54, 1.807) is 0 Å². The van der Waals surface area contributed by atoms with E-state index in [-0.39, 0.29) is 32.2 Å². The van der Waals surface area contributed by atoms with Crippen LogP contribution in [-0.4, -0.2) is 93.1 Å². The number of carboxylic acid groups (broad SMARTS) is 2. The van der Waals surface area contributed by atoms with Crippen molar-refractivity contribution >= 4 is 35.6 Å². The fourth-order valence-corrected chi connectivity index (χ4v) is 3.20. The number of carbonyl (C=O) groups excluding carboxylic acids is 4. The van der Waals surface area contributed by atoms with Gasteiger partial charge in [-0.25, -0.2) is 4.79 Å². The van der Waals surface area contributed by atoms with Gasteiger partial charge in [0.2, 0.25) is 23.6 Å². The molecule has 1 fully saturated rings. The Balaban J connectivity index is 3.03. The van der Waals surface area contributed by atoms with Crippen LogP contribution in [0.5, 0.6) is 0 Å². The molecule has 0 aromatic heterocycles. The number of aliphatic hydroxyl groups excluding tert-OH is 1. The maximum absolute atomic E-state index is 12.9. The summed E-state index contributed by atoms with van der Waals surface area (Å²) >= 11 is 0. The van der Waals surface area contributed by atoms with Gasteiger partial charge >= 0.3 is 11.9 Å². The van der Waals surface area contributed by atoms with Crippen molar-refractivity contribution in [3.8, 4) is 0 Å². The van der Waals surface area contributed by atoms with E-state index in [0.717, 1.165) is 4.90 Å². The van der Waals surface area contributed by atoms with Gasteiger partial charge in [0, 0.05) is 19.4 Å². The highest BCUT2D eigenvalue weighted by Crippen LogP contribution is 2.19. The molecule has 9 N–H and O–H groups in total. The summed E-state index contributed by atoms with van der Waals surface area (Å²) in [5, 5.41) is 31.8. The second-order valence-corrected chi connectivity index (χ2v) is 7.38. The Morgan fingerprint density at radius 2 is 1.56 bits per heavy atom. The van der Waals surface area contributed by atoms with Gasteiger partial charge in [0.15, 0.2) is 0 Å². The summed E-state index contributed by atoms with van der Waals surface area (Å²) in [7, 11) is 0. The summed E-state index contributed by atoms with van der Waals surface area (Å²) in [6.45, 7) is -0.576. The van der Waals surface area contributed by atoms with Crippen LogP contribution in [-0.2, 0) is 28.8 Å². The summed E-state index contributed by atoms with van der Waals surface area (Å²) in [5.74, 6) is -5.79. The predicted octanol–water partition coefficient (Wildman–Crippen LogP) is -3.52. The molecule has 0 unspecified atom stereocenters. The van der Waals surface area contributed by atoms with Crippen molar-refractivity contribution in [2.24, 2.45) is 11.5 Å². The monoisotopic (exact) mass is 459 g/mol. The summed E-state index contributed by atoms with van der Waals surface area (Å²) in [6, 6.07) is -5.18. The first-order valence-corrected chi connectivity index (χ1v) is 9.98. The zero-order valence-corrected chi connectivity index (χ0v) is 17.4. The van der Waals surface area contributed by atoms with Crippen LogP contribution >= 0.6 is 0 Å². The van der Waals surface area contributed by atoms with Gasteiger partial charge in [-0.2, -0.15) is 0 Å². The number of nitrogens with one attached hydrogen (secondary N) is 2. The molecular formula is C18H29N5O9. The molecular weight excluding hydrogens is 430 g/mol. The molecule has 1 heterocycles. The molecule has 180 valence electrons. The Hall–Kier alpha value is -3.26. The van der Waals surface area contributed by atoms with E-state index in [1.807, 2.05) is 0 Å². The Kier molecular flexibility index (Phi) is 10.5. The van der Waals surface area contributed by atoms with Crippen LogP contribution in [0.25, 0.3) is 0 Å². The van der Waals surface area contributed by atoms with E-state index in [1.165, 1.54) is 0 Å². The molecule has 0 spiro atoms. The van der Waals surface area contributed by atoms with Crippen molar-refractivity contribution in [3.63, 3.8) is 0 Å². The average molecular weight is 459 g/mol. The molecule has 0 aromatic rings. The van der Waals surface area contributed by atoms with Gasteiger partial charge in [-0.15, -0.1) is 0 Å². The lowest BCUT2D eigenvalue weighted by Crippen LogP contribution is -2.57. The van der Waals surface area contributed by atoms with Gasteiger partial charge in [0.1, 0.15) is 24.2 Å². The van der Waals surface area contributed by atoms with Crippen molar-refractivity contribution in [2.45, 2.75) is 62.7 Å². The maximum Gasteiger partial charge on any atom is 0.326 e. The number of aliphatic hydroxyl groups is 1. The van der Waals surface area contributed by atoms with E-state index in [4.69, 9.17) is 21.7 Å². The van der Waals surface area contributed by atoms with E-state index in [0.29, 0.717) is 6.42 Å². The van der Waals surface area contributed by atoms with Crippen LogP contribution in [0.4, 0.5) is 0 Å². The highest BCUT2D eigenvalue weighted by Gasteiger charge is 2.38. The first-order chi connectivity index (χ1) is 15.0. The van der Waals surface area contributed by atoms with Crippen molar-refractivity contribution in [2.75, 3.05) is 13.2 Å². The molecule has 14 nitrogen and oxygen atoms in total. The van der Waals surface area contributed by atoms with Gasteiger partial charge in [-0.1, -0.05) is 0 Å². The highest BCUT2D eigenvalue weighted by atomic mass is 16.4. The molecule has 1 aliphatic rings. The SMILES string of the molecule is NC(=O)CC[C@H](NC(=O)[C@H](CCC(=O)O)NC(=O)[C@@H](N)CO)C(=O)N1CCC[C@H]1C(=O)O. The molecule has 0 bridgehead atoms. The first kappa shape index (κ1) is 26.8. The van der Waals surface area contributed by atoms with E-state index < -0.39 is 72.8 Å². The molecule has 0 radical (unpaired) electrons. The third-order valence-electron chi connectivity index (χ3n) is 4.93. The minimum atomic E-state index is -1.41. The molecule has 0 aromatic carbocycles. The minimum Gasteiger partial charge on any atom is -0.481 e. The van der Waals surface area contributed by atoms with E-state index in [9.17, 15) is 33.9 Å². The first-order valence-electron chi connectivity index (χ1n) is 9.98. The number of nitrogens with zero attached hydrogens (tertiary/aromatic N) is 1. The van der Waals surface area contributed by atoms with Crippen molar-refractivity contribution in [3.05, 3.63) is 0 Å². The van der Waals surface area contributed by atoms with Gasteiger partial charge < -0.3 is 42.3 Å². The predicted molar refractivity (Wildman–Crippen MR) is 107 cm³/mol. The lowest BCUT2D eigenvalue weighted by atomic mass is 10.1. The summed E-state index contributed by atoms with van der Waals surface area (Å²) in [6.07, 6.45) is -0.686. The third-order valence-corrected chi connectivity index (χ3v) is 4.93. The smallest absolute Gasteiger partial charge is 0.326 e. The van der Waals surface area contributed by atoms with Gasteiger partial charge in [-0.3, -0.25) is 24.0 Å². The number of hydrogen-bond acceptors (Lipinski definition) is 8. The molecule has 1 saturated heterocycles. The maximum atomic E-state index is 12.9. The average Bonchev–Trinajstić information content (AvgIpc) is 3.22.